The fourth-order valence-electron chi connectivity index (χ4n) is 4.12. The van der Waals surface area contributed by atoms with Crippen LogP contribution in [0, 0.1) is 11.3 Å². The number of nitriles is 1. The van der Waals surface area contributed by atoms with Gasteiger partial charge in [-0.15, -0.1) is 0 Å². The summed E-state index contributed by atoms with van der Waals surface area (Å²) in [5, 5.41) is 9.37. The molecule has 3 aromatic rings. The maximum absolute atomic E-state index is 13.0. The van der Waals surface area contributed by atoms with Crippen LogP contribution in [0.3, 0.4) is 0 Å². The Hall–Kier alpha value is -3.06. The number of hydrogen-bond acceptors (Lipinski definition) is 6. The van der Waals surface area contributed by atoms with Crippen LogP contribution < -0.4 is 5.56 Å². The molecule has 0 N–H and O–H groups in total. The van der Waals surface area contributed by atoms with E-state index in [9.17, 15) is 13.2 Å². The lowest BCUT2D eigenvalue weighted by atomic mass is 10.2. The summed E-state index contributed by atoms with van der Waals surface area (Å²) in [6.45, 7) is 3.78. The average molecular weight is 452 g/mol. The summed E-state index contributed by atoms with van der Waals surface area (Å²) in [7, 11) is -1.87. The Labute approximate surface area is 187 Å². The number of fused-ring (bicyclic) bond motifs is 1. The van der Waals surface area contributed by atoms with E-state index in [1.165, 1.54) is 4.31 Å². The van der Waals surface area contributed by atoms with Gasteiger partial charge in [-0.1, -0.05) is 24.3 Å². The van der Waals surface area contributed by atoms with Crippen LogP contribution in [0.25, 0.3) is 10.9 Å². The first-order valence-corrected chi connectivity index (χ1v) is 11.9. The molecule has 1 aliphatic rings. The van der Waals surface area contributed by atoms with Crippen molar-refractivity contribution in [2.75, 3.05) is 26.2 Å². The van der Waals surface area contributed by atoms with Crippen LogP contribution in [-0.2, 0) is 23.5 Å². The van der Waals surface area contributed by atoms with Crippen molar-refractivity contribution in [2.24, 2.45) is 7.05 Å². The Morgan fingerprint density at radius 2 is 1.72 bits per heavy atom. The molecule has 0 bridgehead atoms. The van der Waals surface area contributed by atoms with Gasteiger partial charge in [0.1, 0.15) is 5.82 Å². The van der Waals surface area contributed by atoms with E-state index in [2.05, 4.69) is 11.0 Å². The topological polar surface area (TPSA) is 99.3 Å². The second kappa shape index (κ2) is 8.82. The van der Waals surface area contributed by atoms with Gasteiger partial charge in [-0.3, -0.25) is 14.3 Å². The molecule has 0 spiro atoms. The summed E-state index contributed by atoms with van der Waals surface area (Å²) in [5.74, 6) is 0.665. The van der Waals surface area contributed by atoms with Gasteiger partial charge < -0.3 is 0 Å². The molecule has 1 unspecified atom stereocenters. The molecule has 0 amide bonds. The molecule has 2 heterocycles. The zero-order valence-corrected chi connectivity index (χ0v) is 18.9. The molecule has 0 aliphatic carbocycles. The molecule has 0 radical (unpaired) electrons. The zero-order valence-electron chi connectivity index (χ0n) is 18.1. The first-order chi connectivity index (χ1) is 15.3. The van der Waals surface area contributed by atoms with Gasteiger partial charge in [-0.05, 0) is 36.8 Å². The lowest BCUT2D eigenvalue weighted by Crippen LogP contribution is -2.49. The fraction of sp³-hybridized carbons (Fsp3) is 0.348. The predicted molar refractivity (Wildman–Crippen MR) is 121 cm³/mol. The second-order valence-corrected chi connectivity index (χ2v) is 9.88. The molecule has 1 saturated heterocycles. The van der Waals surface area contributed by atoms with Crippen LogP contribution in [0.4, 0.5) is 0 Å². The summed E-state index contributed by atoms with van der Waals surface area (Å²) >= 11 is 0. The van der Waals surface area contributed by atoms with Gasteiger partial charge in [0.25, 0.3) is 5.56 Å². The van der Waals surface area contributed by atoms with Gasteiger partial charge >= 0.3 is 0 Å². The number of piperazine rings is 1. The number of aromatic nitrogens is 2. The minimum atomic E-state index is -3.60. The summed E-state index contributed by atoms with van der Waals surface area (Å²) in [5.41, 5.74) is 1.37. The van der Waals surface area contributed by atoms with E-state index in [1.54, 1.807) is 41.9 Å². The molecule has 1 fully saturated rings. The Balaban J connectivity index is 1.50. The van der Waals surface area contributed by atoms with E-state index in [4.69, 9.17) is 10.2 Å². The van der Waals surface area contributed by atoms with E-state index in [-0.39, 0.29) is 22.9 Å². The lowest BCUT2D eigenvalue weighted by molar-refractivity contribution is 0.139. The van der Waals surface area contributed by atoms with Gasteiger partial charge in [0.2, 0.25) is 10.0 Å². The normalized spacial score (nSPS) is 16.7. The van der Waals surface area contributed by atoms with Crippen molar-refractivity contribution in [3.8, 4) is 6.07 Å². The number of para-hydroxylation sites is 1. The van der Waals surface area contributed by atoms with Crippen molar-refractivity contribution in [3.63, 3.8) is 0 Å². The Kier molecular flexibility index (Phi) is 6.11. The maximum Gasteiger partial charge on any atom is 0.261 e. The minimum absolute atomic E-state index is 0.0847. The number of sulfonamides is 1. The third-order valence-corrected chi connectivity index (χ3v) is 7.97. The van der Waals surface area contributed by atoms with E-state index in [1.807, 2.05) is 25.1 Å². The highest BCUT2D eigenvalue weighted by molar-refractivity contribution is 7.89. The van der Waals surface area contributed by atoms with E-state index >= 15 is 0 Å². The fourth-order valence-corrected chi connectivity index (χ4v) is 5.55. The summed E-state index contributed by atoms with van der Waals surface area (Å²) < 4.78 is 29.1. The largest absolute Gasteiger partial charge is 0.298 e. The highest BCUT2D eigenvalue weighted by atomic mass is 32.2. The van der Waals surface area contributed by atoms with Crippen LogP contribution in [0.2, 0.25) is 0 Å². The van der Waals surface area contributed by atoms with Crippen molar-refractivity contribution >= 4 is 20.9 Å². The smallest absolute Gasteiger partial charge is 0.261 e. The molecule has 0 saturated carbocycles. The van der Waals surface area contributed by atoms with Crippen LogP contribution in [0.15, 0.2) is 58.2 Å². The molecule has 1 aliphatic heterocycles. The van der Waals surface area contributed by atoms with Gasteiger partial charge in [-0.2, -0.15) is 9.57 Å². The molecule has 9 heteroatoms. The third kappa shape index (κ3) is 4.05. The van der Waals surface area contributed by atoms with Crippen molar-refractivity contribution in [1.29, 1.82) is 5.26 Å². The van der Waals surface area contributed by atoms with Crippen LogP contribution in [0.5, 0.6) is 0 Å². The van der Waals surface area contributed by atoms with Crippen LogP contribution in [-0.4, -0.2) is 53.4 Å². The lowest BCUT2D eigenvalue weighted by Gasteiger charge is -2.37. The van der Waals surface area contributed by atoms with Gasteiger partial charge in [0.05, 0.1) is 34.3 Å². The molecule has 8 nitrogen and oxygen atoms in total. The van der Waals surface area contributed by atoms with Gasteiger partial charge in [0.15, 0.2) is 0 Å². The SMILES string of the molecule is CC(c1nc2ccccc2c(=O)n1C)N1CCN(S(=O)(=O)c2ccc(CC#N)cc2)CC1. The predicted octanol–water partition coefficient (Wildman–Crippen LogP) is 2.07. The van der Waals surface area contributed by atoms with Gasteiger partial charge in [-0.25, -0.2) is 13.4 Å². The number of rotatable bonds is 5. The minimum Gasteiger partial charge on any atom is -0.298 e. The standard InChI is InChI=1S/C23H25N5O3S/c1-17(22-25-21-6-4-3-5-20(21)23(29)26(22)2)27-13-15-28(16-14-27)32(30,31)19-9-7-18(8-10-19)11-12-24/h3-10,17H,11,13-16H2,1-2H3. The summed E-state index contributed by atoms with van der Waals surface area (Å²) in [4.78, 5) is 19.8. The Bertz CT molecular complexity index is 1330. The van der Waals surface area contributed by atoms with Crippen molar-refractivity contribution in [3.05, 3.63) is 70.3 Å². The number of nitrogens with zero attached hydrogens (tertiary/aromatic N) is 5. The average Bonchev–Trinajstić information content (AvgIpc) is 2.81. The molecular formula is C23H25N5O3S. The molecule has 2 aromatic carbocycles. The highest BCUT2D eigenvalue weighted by Crippen LogP contribution is 2.24. The Morgan fingerprint density at radius 3 is 2.38 bits per heavy atom. The zero-order chi connectivity index (χ0) is 22.9. The van der Waals surface area contributed by atoms with Crippen molar-refractivity contribution < 1.29 is 8.42 Å². The summed E-state index contributed by atoms with van der Waals surface area (Å²) in [6.07, 6.45) is 0.252. The van der Waals surface area contributed by atoms with E-state index < -0.39 is 10.0 Å². The number of benzene rings is 2. The van der Waals surface area contributed by atoms with E-state index in [0.29, 0.717) is 42.9 Å². The quantitative estimate of drug-likeness (QED) is 0.589. The third-order valence-electron chi connectivity index (χ3n) is 6.06. The maximum atomic E-state index is 13.0. The first kappa shape index (κ1) is 22.1. The second-order valence-electron chi connectivity index (χ2n) is 7.95. The molecular weight excluding hydrogens is 426 g/mol. The van der Waals surface area contributed by atoms with E-state index in [0.717, 1.165) is 5.56 Å². The molecule has 1 atom stereocenters. The Morgan fingerprint density at radius 1 is 1.06 bits per heavy atom. The van der Waals surface area contributed by atoms with Crippen molar-refractivity contribution in [2.45, 2.75) is 24.3 Å². The number of hydrogen-bond donors (Lipinski definition) is 0. The summed E-state index contributed by atoms with van der Waals surface area (Å²) in [6, 6.07) is 15.7. The monoisotopic (exact) mass is 451 g/mol. The first-order valence-electron chi connectivity index (χ1n) is 10.5. The molecule has 166 valence electrons. The van der Waals surface area contributed by atoms with Crippen molar-refractivity contribution in [1.82, 2.24) is 18.8 Å². The van der Waals surface area contributed by atoms with Gasteiger partial charge in [0, 0.05) is 33.2 Å². The molecule has 1 aromatic heterocycles. The molecule has 32 heavy (non-hydrogen) atoms. The van der Waals surface area contributed by atoms with Crippen LogP contribution >= 0.6 is 0 Å². The highest BCUT2D eigenvalue weighted by Gasteiger charge is 2.31. The van der Waals surface area contributed by atoms with Crippen LogP contribution in [0.1, 0.15) is 24.4 Å². The molecule has 4 rings (SSSR count).